The van der Waals surface area contributed by atoms with Gasteiger partial charge in [0.15, 0.2) is 0 Å². The standard InChI is InChI=1S/C14H28N2S/c1-3-15-12-6-5-9-16(11-12)13-7-4-8-14(10-13)17-2/h12-15H,3-11H2,1-2H3. The van der Waals surface area contributed by atoms with Crippen molar-refractivity contribution in [2.24, 2.45) is 0 Å². The molecule has 0 amide bonds. The first-order valence-electron chi connectivity index (χ1n) is 7.33. The predicted octanol–water partition coefficient (Wildman–Crippen LogP) is 2.73. The van der Waals surface area contributed by atoms with Gasteiger partial charge < -0.3 is 5.32 Å². The van der Waals surface area contributed by atoms with E-state index in [2.05, 4.69) is 35.2 Å². The number of hydrogen-bond acceptors (Lipinski definition) is 3. The Bertz CT molecular complexity index is 220. The summed E-state index contributed by atoms with van der Waals surface area (Å²) in [6.07, 6.45) is 10.8. The third kappa shape index (κ3) is 3.87. The third-order valence-electron chi connectivity index (χ3n) is 4.39. The summed E-state index contributed by atoms with van der Waals surface area (Å²) in [6, 6.07) is 1.63. The molecule has 1 aliphatic carbocycles. The first-order valence-corrected chi connectivity index (χ1v) is 8.62. The molecule has 0 bridgehead atoms. The summed E-state index contributed by atoms with van der Waals surface area (Å²) in [4.78, 5) is 2.78. The number of hydrogen-bond donors (Lipinski definition) is 1. The lowest BCUT2D eigenvalue weighted by Crippen LogP contribution is -2.50. The second-order valence-corrected chi connectivity index (χ2v) is 6.71. The van der Waals surface area contributed by atoms with Crippen molar-refractivity contribution in [1.82, 2.24) is 10.2 Å². The van der Waals surface area contributed by atoms with Crippen molar-refractivity contribution in [2.45, 2.75) is 62.8 Å². The summed E-state index contributed by atoms with van der Waals surface area (Å²) in [5.41, 5.74) is 0. The Labute approximate surface area is 111 Å². The Balaban J connectivity index is 1.83. The number of thioether (sulfide) groups is 1. The van der Waals surface area contributed by atoms with Crippen molar-refractivity contribution in [2.75, 3.05) is 25.9 Å². The molecule has 0 aromatic carbocycles. The van der Waals surface area contributed by atoms with Gasteiger partial charge in [0.1, 0.15) is 0 Å². The van der Waals surface area contributed by atoms with Crippen molar-refractivity contribution in [3.63, 3.8) is 0 Å². The monoisotopic (exact) mass is 256 g/mol. The van der Waals surface area contributed by atoms with Crippen molar-refractivity contribution in [1.29, 1.82) is 0 Å². The predicted molar refractivity (Wildman–Crippen MR) is 77.8 cm³/mol. The number of nitrogens with zero attached hydrogens (tertiary/aromatic N) is 1. The first-order chi connectivity index (χ1) is 8.33. The van der Waals surface area contributed by atoms with E-state index in [1.54, 1.807) is 0 Å². The van der Waals surface area contributed by atoms with Gasteiger partial charge in [0.2, 0.25) is 0 Å². The van der Waals surface area contributed by atoms with Crippen LogP contribution in [0.3, 0.4) is 0 Å². The minimum absolute atomic E-state index is 0.753. The first kappa shape index (κ1) is 13.7. The summed E-state index contributed by atoms with van der Waals surface area (Å²) < 4.78 is 0. The fraction of sp³-hybridized carbons (Fsp3) is 1.00. The van der Waals surface area contributed by atoms with Gasteiger partial charge in [-0.15, -0.1) is 0 Å². The Morgan fingerprint density at radius 1 is 1.24 bits per heavy atom. The third-order valence-corrected chi connectivity index (χ3v) is 5.49. The maximum Gasteiger partial charge on any atom is 0.0195 e. The maximum atomic E-state index is 3.63. The molecule has 0 aromatic rings. The molecule has 2 fully saturated rings. The van der Waals surface area contributed by atoms with E-state index in [0.717, 1.165) is 23.9 Å². The average Bonchev–Trinajstić information content (AvgIpc) is 2.40. The van der Waals surface area contributed by atoms with Gasteiger partial charge in [0, 0.05) is 23.9 Å². The van der Waals surface area contributed by atoms with Crippen LogP contribution in [0.25, 0.3) is 0 Å². The molecule has 1 N–H and O–H groups in total. The van der Waals surface area contributed by atoms with E-state index in [1.807, 2.05) is 0 Å². The molecule has 2 aliphatic rings. The van der Waals surface area contributed by atoms with Crippen molar-refractivity contribution in [3.8, 4) is 0 Å². The van der Waals surface area contributed by atoms with Gasteiger partial charge in [0.25, 0.3) is 0 Å². The Morgan fingerprint density at radius 3 is 2.88 bits per heavy atom. The normalized spacial score (nSPS) is 36.0. The van der Waals surface area contributed by atoms with Gasteiger partial charge in [-0.05, 0) is 51.4 Å². The van der Waals surface area contributed by atoms with Gasteiger partial charge >= 0.3 is 0 Å². The van der Waals surface area contributed by atoms with E-state index in [-0.39, 0.29) is 0 Å². The van der Waals surface area contributed by atoms with Crippen molar-refractivity contribution in [3.05, 3.63) is 0 Å². The highest BCUT2D eigenvalue weighted by atomic mass is 32.2. The molecule has 3 heteroatoms. The van der Waals surface area contributed by atoms with E-state index in [0.29, 0.717) is 0 Å². The summed E-state index contributed by atoms with van der Waals surface area (Å²) >= 11 is 2.08. The molecule has 3 unspecified atom stereocenters. The molecule has 1 saturated carbocycles. The van der Waals surface area contributed by atoms with Gasteiger partial charge in [0.05, 0.1) is 0 Å². The van der Waals surface area contributed by atoms with Crippen LogP contribution in [0.15, 0.2) is 0 Å². The zero-order valence-corrected chi connectivity index (χ0v) is 12.3. The van der Waals surface area contributed by atoms with Gasteiger partial charge in [-0.2, -0.15) is 11.8 Å². The molecule has 3 atom stereocenters. The Morgan fingerprint density at radius 2 is 2.12 bits per heavy atom. The van der Waals surface area contributed by atoms with Gasteiger partial charge in [-0.3, -0.25) is 4.90 Å². The fourth-order valence-electron chi connectivity index (χ4n) is 3.46. The largest absolute Gasteiger partial charge is 0.313 e. The molecular weight excluding hydrogens is 228 g/mol. The van der Waals surface area contributed by atoms with E-state index < -0.39 is 0 Å². The van der Waals surface area contributed by atoms with E-state index >= 15 is 0 Å². The summed E-state index contributed by atoms with van der Waals surface area (Å²) in [5.74, 6) is 0. The van der Waals surface area contributed by atoms with Gasteiger partial charge in [-0.25, -0.2) is 0 Å². The van der Waals surface area contributed by atoms with Crippen LogP contribution in [0.4, 0.5) is 0 Å². The highest BCUT2D eigenvalue weighted by Gasteiger charge is 2.29. The second-order valence-electron chi connectivity index (χ2n) is 5.57. The molecule has 1 heterocycles. The molecule has 0 radical (unpaired) electrons. The maximum absolute atomic E-state index is 3.63. The van der Waals surface area contributed by atoms with Crippen LogP contribution in [0.1, 0.15) is 45.4 Å². The highest BCUT2D eigenvalue weighted by Crippen LogP contribution is 2.31. The lowest BCUT2D eigenvalue weighted by molar-refractivity contribution is 0.112. The smallest absolute Gasteiger partial charge is 0.0195 e. The second kappa shape index (κ2) is 7.01. The molecular formula is C14H28N2S. The van der Waals surface area contributed by atoms with Crippen LogP contribution < -0.4 is 5.32 Å². The Hall–Kier alpha value is 0.270. The topological polar surface area (TPSA) is 15.3 Å². The molecule has 2 rings (SSSR count). The SMILES string of the molecule is CCNC1CCCN(C2CCCC(SC)C2)C1. The summed E-state index contributed by atoms with van der Waals surface area (Å²) in [5, 5.41) is 4.56. The summed E-state index contributed by atoms with van der Waals surface area (Å²) in [7, 11) is 0. The van der Waals surface area contributed by atoms with E-state index in [4.69, 9.17) is 0 Å². The molecule has 100 valence electrons. The average molecular weight is 256 g/mol. The fourth-order valence-corrected chi connectivity index (χ4v) is 4.28. The molecule has 0 spiro atoms. The minimum atomic E-state index is 0.753. The lowest BCUT2D eigenvalue weighted by atomic mass is 9.91. The molecule has 0 aromatic heterocycles. The zero-order valence-electron chi connectivity index (χ0n) is 11.5. The van der Waals surface area contributed by atoms with Crippen molar-refractivity contribution < 1.29 is 0 Å². The number of likely N-dealkylation sites (N-methyl/N-ethyl adjacent to an activating group) is 1. The molecule has 2 nitrogen and oxygen atoms in total. The number of nitrogens with one attached hydrogen (secondary N) is 1. The van der Waals surface area contributed by atoms with E-state index in [9.17, 15) is 0 Å². The highest BCUT2D eigenvalue weighted by molar-refractivity contribution is 7.99. The lowest BCUT2D eigenvalue weighted by Gasteiger charge is -2.41. The molecule has 1 aliphatic heterocycles. The van der Waals surface area contributed by atoms with Gasteiger partial charge in [-0.1, -0.05) is 13.3 Å². The minimum Gasteiger partial charge on any atom is -0.313 e. The number of piperidine rings is 1. The zero-order chi connectivity index (χ0) is 12.1. The van der Waals surface area contributed by atoms with Crippen LogP contribution in [-0.2, 0) is 0 Å². The summed E-state index contributed by atoms with van der Waals surface area (Å²) in [6.45, 7) is 5.98. The van der Waals surface area contributed by atoms with Crippen molar-refractivity contribution >= 4 is 11.8 Å². The number of rotatable bonds is 4. The van der Waals surface area contributed by atoms with Crippen LogP contribution in [0, 0.1) is 0 Å². The molecule has 1 saturated heterocycles. The van der Waals surface area contributed by atoms with Crippen LogP contribution >= 0.6 is 11.8 Å². The van der Waals surface area contributed by atoms with Crippen LogP contribution in [0.5, 0.6) is 0 Å². The molecule has 17 heavy (non-hydrogen) atoms. The number of likely N-dealkylation sites (tertiary alicyclic amines) is 1. The quantitative estimate of drug-likeness (QED) is 0.832. The van der Waals surface area contributed by atoms with Crippen LogP contribution in [0.2, 0.25) is 0 Å². The van der Waals surface area contributed by atoms with E-state index in [1.165, 1.54) is 51.6 Å². The van der Waals surface area contributed by atoms with Crippen LogP contribution in [-0.4, -0.2) is 48.1 Å². The Kier molecular flexibility index (Phi) is 5.64.